The maximum absolute atomic E-state index is 11.9. The Bertz CT molecular complexity index is 713. The lowest BCUT2D eigenvalue weighted by Gasteiger charge is -2.39. The molecule has 0 saturated carbocycles. The van der Waals surface area contributed by atoms with Gasteiger partial charge in [-0.05, 0) is 39.8 Å². The number of anilines is 2. The second kappa shape index (κ2) is 8.21. The van der Waals surface area contributed by atoms with E-state index in [2.05, 4.69) is 30.9 Å². The fourth-order valence-electron chi connectivity index (χ4n) is 4.35. The van der Waals surface area contributed by atoms with Crippen LogP contribution in [-0.2, 0) is 16.6 Å². The summed E-state index contributed by atoms with van der Waals surface area (Å²) in [6.45, 7) is 2.85. The minimum Gasteiger partial charge on any atom is -0.387 e. The normalized spacial score (nSPS) is 17.9. The van der Waals surface area contributed by atoms with Crippen LogP contribution in [0.3, 0.4) is 0 Å². The van der Waals surface area contributed by atoms with Gasteiger partial charge >= 0.3 is 0 Å². The first-order valence-electron chi connectivity index (χ1n) is 10.1. The Morgan fingerprint density at radius 1 is 1.07 bits per heavy atom. The molecule has 1 aliphatic carbocycles. The molecular formula is C20H34N6O2. The number of nitrogens with zero attached hydrogens (tertiary/aromatic N) is 6. The van der Waals surface area contributed by atoms with Crippen molar-refractivity contribution in [2.75, 3.05) is 77.8 Å². The second-order valence-corrected chi connectivity index (χ2v) is 8.61. The zero-order valence-electron chi connectivity index (χ0n) is 17.9. The summed E-state index contributed by atoms with van der Waals surface area (Å²) in [6, 6.07) is 0. The van der Waals surface area contributed by atoms with Gasteiger partial charge in [0, 0.05) is 58.3 Å². The Labute approximate surface area is 168 Å². The molecular weight excluding hydrogens is 356 g/mol. The highest BCUT2D eigenvalue weighted by molar-refractivity contribution is 5.77. The number of piperidine rings is 1. The van der Waals surface area contributed by atoms with Gasteiger partial charge in [-0.2, -0.15) is 4.98 Å². The molecule has 2 aliphatic rings. The number of aliphatic hydroxyl groups excluding tert-OH is 1. The number of aromatic nitrogens is 2. The average molecular weight is 391 g/mol. The summed E-state index contributed by atoms with van der Waals surface area (Å²) in [7, 11) is 10.2. The molecule has 0 unspecified atom stereocenters. The van der Waals surface area contributed by atoms with Gasteiger partial charge in [0.2, 0.25) is 11.9 Å². The first kappa shape index (κ1) is 20.8. The van der Waals surface area contributed by atoms with Crippen LogP contribution < -0.4 is 9.80 Å². The smallest absolute Gasteiger partial charge is 0.248 e. The molecule has 1 fully saturated rings. The van der Waals surface area contributed by atoms with E-state index in [1.165, 1.54) is 11.3 Å². The van der Waals surface area contributed by atoms with Crippen molar-refractivity contribution in [1.29, 1.82) is 0 Å². The monoisotopic (exact) mass is 390 g/mol. The Kier molecular flexibility index (Phi) is 6.09. The molecule has 2 heterocycles. The van der Waals surface area contributed by atoms with Gasteiger partial charge in [-0.3, -0.25) is 4.79 Å². The zero-order valence-corrected chi connectivity index (χ0v) is 17.9. The van der Waals surface area contributed by atoms with Gasteiger partial charge in [0.1, 0.15) is 12.4 Å². The van der Waals surface area contributed by atoms with Crippen molar-refractivity contribution in [3.63, 3.8) is 0 Å². The number of rotatable bonds is 6. The highest BCUT2D eigenvalue weighted by Gasteiger charge is 2.45. The van der Waals surface area contributed by atoms with Crippen molar-refractivity contribution in [3.05, 3.63) is 11.3 Å². The lowest BCUT2D eigenvalue weighted by atomic mass is 9.76. The number of aliphatic hydroxyl groups is 1. The number of hydrogen-bond acceptors (Lipinski definition) is 7. The summed E-state index contributed by atoms with van der Waals surface area (Å²) >= 11 is 0. The van der Waals surface area contributed by atoms with Crippen molar-refractivity contribution in [2.24, 2.45) is 0 Å². The molecule has 0 bridgehead atoms. The molecule has 0 atom stereocenters. The predicted molar refractivity (Wildman–Crippen MR) is 111 cm³/mol. The number of carbonyl (C=O) groups is 1. The molecule has 1 saturated heterocycles. The number of amides is 1. The maximum Gasteiger partial charge on any atom is 0.248 e. The molecule has 8 heteroatoms. The van der Waals surface area contributed by atoms with Crippen molar-refractivity contribution in [1.82, 2.24) is 19.8 Å². The van der Waals surface area contributed by atoms with Crippen molar-refractivity contribution in [3.8, 4) is 0 Å². The van der Waals surface area contributed by atoms with Gasteiger partial charge in [0.05, 0.1) is 5.69 Å². The molecule has 1 aliphatic heterocycles. The van der Waals surface area contributed by atoms with E-state index in [0.717, 1.165) is 50.5 Å². The van der Waals surface area contributed by atoms with Crippen molar-refractivity contribution < 1.29 is 9.90 Å². The fraction of sp³-hybridized carbons (Fsp3) is 0.750. The summed E-state index contributed by atoms with van der Waals surface area (Å²) in [6.07, 6.45) is 3.84. The minimum absolute atomic E-state index is 0.0202. The van der Waals surface area contributed by atoms with Gasteiger partial charge in [-0.15, -0.1) is 0 Å². The van der Waals surface area contributed by atoms with E-state index in [4.69, 9.17) is 15.1 Å². The lowest BCUT2D eigenvalue weighted by Crippen LogP contribution is -2.45. The number of likely N-dealkylation sites (tertiary alicyclic amines) is 1. The fourth-order valence-corrected chi connectivity index (χ4v) is 4.35. The Morgan fingerprint density at radius 2 is 1.75 bits per heavy atom. The van der Waals surface area contributed by atoms with E-state index in [-0.39, 0.29) is 11.3 Å². The van der Waals surface area contributed by atoms with Gasteiger partial charge in [0.25, 0.3) is 0 Å². The molecule has 1 N–H and O–H groups in total. The summed E-state index contributed by atoms with van der Waals surface area (Å²) in [5, 5.41) is 9.16. The highest BCUT2D eigenvalue weighted by atomic mass is 16.3. The molecule has 3 rings (SSSR count). The Balaban J connectivity index is 1.91. The summed E-state index contributed by atoms with van der Waals surface area (Å²) in [5.41, 5.74) is 2.47. The topological polar surface area (TPSA) is 76.0 Å². The van der Waals surface area contributed by atoms with Crippen molar-refractivity contribution >= 4 is 17.7 Å². The lowest BCUT2D eigenvalue weighted by molar-refractivity contribution is -0.135. The third-order valence-corrected chi connectivity index (χ3v) is 6.18. The van der Waals surface area contributed by atoms with E-state index >= 15 is 0 Å². The van der Waals surface area contributed by atoms with Gasteiger partial charge < -0.3 is 24.7 Å². The number of hydrogen-bond donors (Lipinski definition) is 1. The molecule has 1 aromatic rings. The largest absolute Gasteiger partial charge is 0.387 e. The maximum atomic E-state index is 11.9. The molecule has 8 nitrogen and oxygen atoms in total. The number of carbonyl (C=O) groups excluding carboxylic acids is 1. The quantitative estimate of drug-likeness (QED) is 0.751. The Hall–Kier alpha value is -1.93. The van der Waals surface area contributed by atoms with Crippen LogP contribution in [0.15, 0.2) is 0 Å². The van der Waals surface area contributed by atoms with Crippen LogP contribution in [0.25, 0.3) is 0 Å². The van der Waals surface area contributed by atoms with E-state index in [1.807, 2.05) is 19.0 Å². The van der Waals surface area contributed by atoms with Gasteiger partial charge in [-0.1, -0.05) is 0 Å². The van der Waals surface area contributed by atoms with Crippen LogP contribution in [0.5, 0.6) is 0 Å². The Morgan fingerprint density at radius 3 is 2.32 bits per heavy atom. The van der Waals surface area contributed by atoms with Crippen LogP contribution in [0.4, 0.5) is 11.8 Å². The number of likely N-dealkylation sites (N-methyl/N-ethyl adjacent to an activating group) is 2. The molecule has 1 amide bonds. The van der Waals surface area contributed by atoms with Gasteiger partial charge in [-0.25, -0.2) is 4.98 Å². The van der Waals surface area contributed by atoms with E-state index in [9.17, 15) is 4.79 Å². The number of fused-ring (bicyclic) bond motifs is 2. The second-order valence-electron chi connectivity index (χ2n) is 8.61. The molecule has 28 heavy (non-hydrogen) atoms. The summed E-state index contributed by atoms with van der Waals surface area (Å²) < 4.78 is 0. The van der Waals surface area contributed by atoms with Crippen LogP contribution in [0.2, 0.25) is 0 Å². The molecule has 1 aromatic heterocycles. The van der Waals surface area contributed by atoms with Crippen LogP contribution >= 0.6 is 0 Å². The zero-order chi connectivity index (χ0) is 20.5. The molecule has 0 radical (unpaired) electrons. The molecule has 156 valence electrons. The first-order chi connectivity index (χ1) is 13.3. The summed E-state index contributed by atoms with van der Waals surface area (Å²) in [5.74, 6) is 1.62. The minimum atomic E-state index is -0.405. The SMILES string of the molecule is CN(C)CCN(C)c1nc(N(C)C)nc2c1CCC21CCN(C(=O)CO)CC1. The van der Waals surface area contributed by atoms with E-state index in [0.29, 0.717) is 13.1 Å². The average Bonchev–Trinajstić information content (AvgIpc) is 3.03. The van der Waals surface area contributed by atoms with Gasteiger partial charge in [0.15, 0.2) is 0 Å². The third-order valence-electron chi connectivity index (χ3n) is 6.18. The summed E-state index contributed by atoms with van der Waals surface area (Å²) in [4.78, 5) is 29.9. The third kappa shape index (κ3) is 3.93. The standard InChI is InChI=1S/C20H34N6O2/c1-23(2)12-13-25(5)18-15-6-7-20(17(15)21-19(22-18)24(3)4)8-10-26(11-9-20)16(28)14-27/h27H,6-14H2,1-5H3. The first-order valence-corrected chi connectivity index (χ1v) is 10.1. The van der Waals surface area contributed by atoms with Crippen LogP contribution in [0.1, 0.15) is 30.5 Å². The predicted octanol–water partition coefficient (Wildman–Crippen LogP) is 0.339. The van der Waals surface area contributed by atoms with Crippen molar-refractivity contribution in [2.45, 2.75) is 31.1 Å². The van der Waals surface area contributed by atoms with Crippen LogP contribution in [-0.4, -0.2) is 98.8 Å². The van der Waals surface area contributed by atoms with E-state index < -0.39 is 6.61 Å². The van der Waals surface area contributed by atoms with Crippen LogP contribution in [0, 0.1) is 0 Å². The highest BCUT2D eigenvalue weighted by Crippen LogP contribution is 2.48. The molecule has 1 spiro atoms. The van der Waals surface area contributed by atoms with E-state index in [1.54, 1.807) is 4.90 Å². The molecule has 0 aromatic carbocycles.